The second-order valence-electron chi connectivity index (χ2n) is 4.84. The van der Waals surface area contributed by atoms with Gasteiger partial charge in [0.2, 0.25) is 5.88 Å². The monoisotopic (exact) mass is 332 g/mol. The van der Waals surface area contributed by atoms with Crippen LogP contribution in [0.25, 0.3) is 5.69 Å². The van der Waals surface area contributed by atoms with Crippen LogP contribution >= 0.6 is 11.6 Å². The van der Waals surface area contributed by atoms with E-state index in [0.29, 0.717) is 11.6 Å². The van der Waals surface area contributed by atoms with Gasteiger partial charge < -0.3 is 4.74 Å². The van der Waals surface area contributed by atoms with Crippen LogP contribution in [-0.2, 0) is 13.7 Å². The highest BCUT2D eigenvalue weighted by Gasteiger charge is 2.13. The third-order valence-corrected chi connectivity index (χ3v) is 3.46. The zero-order valence-corrected chi connectivity index (χ0v) is 13.2. The maximum absolute atomic E-state index is 12.1. The molecule has 0 spiro atoms. The van der Waals surface area contributed by atoms with Crippen molar-refractivity contribution in [1.29, 1.82) is 0 Å². The molecule has 0 bridgehead atoms. The Hall–Kier alpha value is -2.74. The fraction of sp³-hybridized carbons (Fsp3) is 0.214. The normalized spacial score (nSPS) is 10.7. The zero-order chi connectivity index (χ0) is 16.4. The fourth-order valence-electron chi connectivity index (χ4n) is 2.08. The molecule has 0 saturated heterocycles. The summed E-state index contributed by atoms with van der Waals surface area (Å²) >= 11 is 5.79. The third kappa shape index (κ3) is 3.07. The van der Waals surface area contributed by atoms with Crippen molar-refractivity contribution < 1.29 is 4.74 Å². The van der Waals surface area contributed by atoms with Crippen LogP contribution in [0.3, 0.4) is 0 Å². The van der Waals surface area contributed by atoms with Crippen LogP contribution < -0.4 is 10.4 Å². The molecule has 1 aromatic carbocycles. The summed E-state index contributed by atoms with van der Waals surface area (Å²) in [5.74, 6) is 0.304. The number of hydrogen-bond acceptors (Lipinski definition) is 6. The highest BCUT2D eigenvalue weighted by molar-refractivity contribution is 6.29. The van der Waals surface area contributed by atoms with Crippen LogP contribution in [0, 0.1) is 6.92 Å². The Labute approximate surface area is 136 Å². The summed E-state index contributed by atoms with van der Waals surface area (Å²) in [6.07, 6.45) is 2.89. The number of aryl methyl sites for hydroxylation is 2. The Balaban J connectivity index is 1.96. The Morgan fingerprint density at radius 3 is 2.78 bits per heavy atom. The largest absolute Gasteiger partial charge is 0.472 e. The lowest BCUT2D eigenvalue weighted by Crippen LogP contribution is -2.23. The average molecular weight is 333 g/mol. The Morgan fingerprint density at radius 2 is 2.09 bits per heavy atom. The van der Waals surface area contributed by atoms with Gasteiger partial charge in [0, 0.05) is 12.6 Å². The molecule has 0 aliphatic heterocycles. The summed E-state index contributed by atoms with van der Waals surface area (Å²) in [4.78, 5) is 20.0. The van der Waals surface area contributed by atoms with Gasteiger partial charge in [-0.3, -0.25) is 4.98 Å². The summed E-state index contributed by atoms with van der Waals surface area (Å²) in [7, 11) is 1.54. The van der Waals surface area contributed by atoms with Crippen molar-refractivity contribution in [1.82, 2.24) is 29.8 Å². The second-order valence-corrected chi connectivity index (χ2v) is 5.23. The van der Waals surface area contributed by atoms with E-state index in [0.717, 1.165) is 15.8 Å². The third-order valence-electron chi connectivity index (χ3n) is 3.28. The smallest absolute Gasteiger partial charge is 0.368 e. The minimum absolute atomic E-state index is 0.194. The van der Waals surface area contributed by atoms with Gasteiger partial charge in [-0.25, -0.2) is 4.79 Å². The molecule has 0 radical (unpaired) electrons. The molecule has 0 unspecified atom stereocenters. The van der Waals surface area contributed by atoms with E-state index in [4.69, 9.17) is 16.3 Å². The van der Waals surface area contributed by atoms with Crippen LogP contribution in [0.2, 0.25) is 5.15 Å². The number of hydrogen-bond donors (Lipinski definition) is 0. The molecular formula is C14H13ClN6O2. The first-order valence-electron chi connectivity index (χ1n) is 6.74. The quantitative estimate of drug-likeness (QED) is 0.715. The Morgan fingerprint density at radius 1 is 1.26 bits per heavy atom. The SMILES string of the molecule is Cc1cccc(-n2nnn(C)c2=O)c1COc1cncc(Cl)n1. The van der Waals surface area contributed by atoms with E-state index < -0.39 is 0 Å². The molecule has 0 saturated carbocycles. The van der Waals surface area contributed by atoms with Gasteiger partial charge in [0.25, 0.3) is 0 Å². The minimum Gasteiger partial charge on any atom is -0.472 e. The summed E-state index contributed by atoms with van der Waals surface area (Å²) in [6, 6.07) is 5.55. The first-order chi connectivity index (χ1) is 11.1. The van der Waals surface area contributed by atoms with Gasteiger partial charge >= 0.3 is 5.69 Å². The summed E-state index contributed by atoms with van der Waals surface area (Å²) < 4.78 is 8.03. The Bertz CT molecular complexity index is 904. The molecule has 2 aromatic heterocycles. The van der Waals surface area contributed by atoms with Crippen molar-refractivity contribution in [2.75, 3.05) is 0 Å². The highest BCUT2D eigenvalue weighted by atomic mass is 35.5. The molecule has 23 heavy (non-hydrogen) atoms. The number of benzene rings is 1. The molecule has 0 aliphatic carbocycles. The van der Waals surface area contributed by atoms with Crippen molar-refractivity contribution in [3.63, 3.8) is 0 Å². The van der Waals surface area contributed by atoms with Crippen LogP contribution in [0.5, 0.6) is 5.88 Å². The predicted octanol–water partition coefficient (Wildman–Crippen LogP) is 1.30. The Kier molecular flexibility index (Phi) is 4.07. The minimum atomic E-state index is -0.334. The molecule has 118 valence electrons. The second kappa shape index (κ2) is 6.17. The number of aromatic nitrogens is 6. The van der Waals surface area contributed by atoms with Gasteiger partial charge in [-0.15, -0.1) is 0 Å². The van der Waals surface area contributed by atoms with E-state index in [2.05, 4.69) is 20.4 Å². The van der Waals surface area contributed by atoms with Crippen LogP contribution in [0.4, 0.5) is 0 Å². The molecule has 0 N–H and O–H groups in total. The highest BCUT2D eigenvalue weighted by Crippen LogP contribution is 2.19. The van der Waals surface area contributed by atoms with E-state index >= 15 is 0 Å². The van der Waals surface area contributed by atoms with E-state index in [1.807, 2.05) is 19.1 Å². The first-order valence-corrected chi connectivity index (χ1v) is 7.12. The standard InChI is InChI=1S/C14H13ClN6O2/c1-9-4-3-5-11(21-14(22)20(2)18-19-21)10(9)8-23-13-7-16-6-12(15)17-13/h3-7H,8H2,1-2H3. The maximum Gasteiger partial charge on any atom is 0.368 e. The van der Waals surface area contributed by atoms with Crippen molar-refractivity contribution >= 4 is 11.6 Å². The lowest BCUT2D eigenvalue weighted by Gasteiger charge is -2.12. The van der Waals surface area contributed by atoms with E-state index in [1.165, 1.54) is 17.1 Å². The van der Waals surface area contributed by atoms with Gasteiger partial charge in [-0.2, -0.15) is 14.3 Å². The predicted molar refractivity (Wildman–Crippen MR) is 82.7 cm³/mol. The van der Waals surface area contributed by atoms with Gasteiger partial charge in [0.15, 0.2) is 5.15 Å². The van der Waals surface area contributed by atoms with Crippen LogP contribution in [-0.4, -0.2) is 29.8 Å². The van der Waals surface area contributed by atoms with Gasteiger partial charge in [0.1, 0.15) is 6.61 Å². The lowest BCUT2D eigenvalue weighted by atomic mass is 10.1. The van der Waals surface area contributed by atoms with Gasteiger partial charge in [-0.05, 0) is 29.0 Å². The van der Waals surface area contributed by atoms with Crippen molar-refractivity contribution in [3.05, 3.63) is 57.4 Å². The average Bonchev–Trinajstić information content (AvgIpc) is 2.86. The van der Waals surface area contributed by atoms with E-state index in [1.54, 1.807) is 13.1 Å². The van der Waals surface area contributed by atoms with Crippen molar-refractivity contribution in [2.45, 2.75) is 13.5 Å². The van der Waals surface area contributed by atoms with E-state index in [9.17, 15) is 4.79 Å². The molecule has 3 rings (SSSR count). The molecule has 2 heterocycles. The number of nitrogens with zero attached hydrogens (tertiary/aromatic N) is 6. The molecular weight excluding hydrogens is 320 g/mol. The number of tetrazole rings is 1. The first kappa shape index (κ1) is 15.2. The van der Waals surface area contributed by atoms with Crippen molar-refractivity contribution in [3.8, 4) is 11.6 Å². The number of rotatable bonds is 4. The lowest BCUT2D eigenvalue weighted by molar-refractivity contribution is 0.291. The molecule has 8 nitrogen and oxygen atoms in total. The number of ether oxygens (including phenoxy) is 1. The van der Waals surface area contributed by atoms with E-state index in [-0.39, 0.29) is 17.4 Å². The van der Waals surface area contributed by atoms with Gasteiger partial charge in [-0.1, -0.05) is 23.7 Å². The summed E-state index contributed by atoms with van der Waals surface area (Å²) in [6.45, 7) is 2.12. The molecule has 9 heteroatoms. The summed E-state index contributed by atoms with van der Waals surface area (Å²) in [5, 5.41) is 7.85. The molecule has 0 atom stereocenters. The molecule has 3 aromatic rings. The van der Waals surface area contributed by atoms with Crippen LogP contribution in [0.15, 0.2) is 35.4 Å². The zero-order valence-electron chi connectivity index (χ0n) is 12.5. The number of halogens is 1. The maximum atomic E-state index is 12.1. The topological polar surface area (TPSA) is 87.7 Å². The van der Waals surface area contributed by atoms with Crippen LogP contribution in [0.1, 0.15) is 11.1 Å². The molecule has 0 aliphatic rings. The van der Waals surface area contributed by atoms with Gasteiger partial charge in [0.05, 0.1) is 18.1 Å². The fourth-order valence-corrected chi connectivity index (χ4v) is 2.22. The molecule has 0 fully saturated rings. The molecule has 0 amide bonds. The van der Waals surface area contributed by atoms with Crippen molar-refractivity contribution in [2.24, 2.45) is 7.05 Å². The summed E-state index contributed by atoms with van der Waals surface area (Å²) in [5.41, 5.74) is 2.03.